The van der Waals surface area contributed by atoms with Crippen molar-refractivity contribution in [2.45, 2.75) is 30.3 Å². The number of amides is 2. The van der Waals surface area contributed by atoms with Gasteiger partial charge >= 0.3 is 6.09 Å². The number of benzene rings is 2. The summed E-state index contributed by atoms with van der Waals surface area (Å²) in [5.41, 5.74) is 3.08. The van der Waals surface area contributed by atoms with Crippen LogP contribution < -0.4 is 20.7 Å². The van der Waals surface area contributed by atoms with Gasteiger partial charge in [0.15, 0.2) is 0 Å². The molecule has 0 radical (unpaired) electrons. The molecule has 4 rings (SSSR count). The highest BCUT2D eigenvalue weighted by molar-refractivity contribution is 8.02. The number of thiophene rings is 1. The van der Waals surface area contributed by atoms with Crippen LogP contribution in [0.2, 0.25) is 0 Å². The van der Waals surface area contributed by atoms with Crippen LogP contribution in [-0.4, -0.2) is 40.0 Å². The zero-order valence-electron chi connectivity index (χ0n) is 20.4. The summed E-state index contributed by atoms with van der Waals surface area (Å²) in [4.78, 5) is 26.7. The van der Waals surface area contributed by atoms with Crippen LogP contribution in [0.1, 0.15) is 21.4 Å². The first-order valence-electron chi connectivity index (χ1n) is 11.7. The largest absolute Gasteiger partial charge is 0.755 e. The molecule has 2 heterocycles. The summed E-state index contributed by atoms with van der Waals surface area (Å²) in [6.45, 7) is 0. The Kier molecular flexibility index (Phi) is 9.82. The van der Waals surface area contributed by atoms with E-state index in [1.54, 1.807) is 35.2 Å². The molecule has 4 atom stereocenters. The van der Waals surface area contributed by atoms with E-state index in [1.807, 2.05) is 59.3 Å². The summed E-state index contributed by atoms with van der Waals surface area (Å²) in [7, 11) is 1.26. The number of anilines is 1. The Hall–Kier alpha value is -3.32. The molecule has 1 aliphatic rings. The van der Waals surface area contributed by atoms with Gasteiger partial charge in [-0.2, -0.15) is 0 Å². The molecule has 2 aromatic carbocycles. The Morgan fingerprint density at radius 3 is 2.42 bits per heavy atom. The van der Waals surface area contributed by atoms with Crippen molar-refractivity contribution in [3.8, 4) is 0 Å². The molecule has 3 aromatic rings. The lowest BCUT2D eigenvalue weighted by Gasteiger charge is -2.25. The molecule has 2 unspecified atom stereocenters. The fourth-order valence-electron chi connectivity index (χ4n) is 3.93. The monoisotopic (exact) mass is 571 g/mol. The van der Waals surface area contributed by atoms with Crippen LogP contribution >= 0.6 is 23.1 Å². The summed E-state index contributed by atoms with van der Waals surface area (Å²) in [5.74, 6) is -0.350. The summed E-state index contributed by atoms with van der Waals surface area (Å²) in [5, 5.41) is 13.3. The number of hydrogen-bond acceptors (Lipinski definition) is 8. The summed E-state index contributed by atoms with van der Waals surface area (Å²) >= 11 is 0.864. The van der Waals surface area contributed by atoms with Gasteiger partial charge in [0.2, 0.25) is 5.91 Å². The third-order valence-corrected chi connectivity index (χ3v) is 8.32. The molecular formula is C26H27N4O5S3-. The molecule has 0 saturated heterocycles. The van der Waals surface area contributed by atoms with E-state index in [9.17, 15) is 18.4 Å². The van der Waals surface area contributed by atoms with E-state index >= 15 is 0 Å². The minimum atomic E-state index is -2.41. The summed E-state index contributed by atoms with van der Waals surface area (Å²) in [6.07, 6.45) is 0.0440. The average Bonchev–Trinajstić information content (AvgIpc) is 3.62. The predicted octanol–water partition coefficient (Wildman–Crippen LogP) is 3.83. The molecule has 9 nitrogen and oxygen atoms in total. The van der Waals surface area contributed by atoms with Gasteiger partial charge in [0.1, 0.15) is 11.4 Å². The van der Waals surface area contributed by atoms with Gasteiger partial charge in [0.25, 0.3) is 0 Å². The highest BCUT2D eigenvalue weighted by Gasteiger charge is 2.29. The molecule has 200 valence electrons. The van der Waals surface area contributed by atoms with Gasteiger partial charge in [-0.1, -0.05) is 48.5 Å². The second kappa shape index (κ2) is 13.5. The molecule has 4 N–H and O–H groups in total. The van der Waals surface area contributed by atoms with Crippen molar-refractivity contribution in [2.24, 2.45) is 0 Å². The van der Waals surface area contributed by atoms with Gasteiger partial charge in [-0.3, -0.25) is 9.00 Å². The number of nitrogens with one attached hydrogen (secondary N) is 4. The smallest absolute Gasteiger partial charge is 0.407 e. The predicted molar refractivity (Wildman–Crippen MR) is 150 cm³/mol. The van der Waals surface area contributed by atoms with Crippen LogP contribution in [0.3, 0.4) is 0 Å². The van der Waals surface area contributed by atoms with Crippen LogP contribution in [0.5, 0.6) is 0 Å². The highest BCUT2D eigenvalue weighted by atomic mass is 32.2. The molecule has 1 aliphatic heterocycles. The molecule has 0 fully saturated rings. The third kappa shape index (κ3) is 7.84. The Morgan fingerprint density at radius 2 is 1.76 bits per heavy atom. The van der Waals surface area contributed by atoms with Crippen LogP contribution in [-0.2, 0) is 33.6 Å². The molecule has 2 amide bonds. The van der Waals surface area contributed by atoms with E-state index in [0.29, 0.717) is 18.5 Å². The standard InChI is InChI=1S/C26H28N4O5S3/c1-35-26(32)29-21(15-17-6-3-2-4-7-17)24(31)27-20(14-18-9-11-19(12-10-18)30-38(33)34)22-16-37-25(28-22)23-8-5-13-36-23/h2-13,16,20-21,25,28,30H,14-15H2,1H3,(H,27,31)(H,29,32)(H,33,34)/p-1/t20-,21-,25?/m0/s1. The second-order valence-electron chi connectivity index (χ2n) is 8.43. The van der Waals surface area contributed by atoms with Crippen molar-refractivity contribution < 1.29 is 23.1 Å². The fraction of sp³-hybridized carbons (Fsp3) is 0.231. The Morgan fingerprint density at radius 1 is 1.03 bits per heavy atom. The van der Waals surface area contributed by atoms with Crippen molar-refractivity contribution in [3.05, 3.63) is 99.2 Å². The number of alkyl carbamates (subject to hydrolysis) is 1. The maximum atomic E-state index is 13.5. The quantitative estimate of drug-likeness (QED) is 0.257. The minimum absolute atomic E-state index is 0.0383. The van der Waals surface area contributed by atoms with Crippen molar-refractivity contribution in [1.29, 1.82) is 0 Å². The molecular weight excluding hydrogens is 545 g/mol. The van der Waals surface area contributed by atoms with Gasteiger partial charge in [-0.25, -0.2) is 4.79 Å². The van der Waals surface area contributed by atoms with Gasteiger partial charge < -0.3 is 30.0 Å². The van der Waals surface area contributed by atoms with Crippen LogP contribution in [0.4, 0.5) is 10.5 Å². The van der Waals surface area contributed by atoms with E-state index in [-0.39, 0.29) is 11.3 Å². The molecule has 1 aromatic heterocycles. The summed E-state index contributed by atoms with van der Waals surface area (Å²) in [6, 6.07) is 19.2. The maximum absolute atomic E-state index is 13.5. The number of carbonyl (C=O) groups is 2. The Bertz CT molecular complexity index is 1270. The number of hydrogen-bond donors (Lipinski definition) is 4. The SMILES string of the molecule is COC(=O)N[C@@H](Cc1ccccc1)C(=O)N[C@@H](Cc1ccc(NS(=O)[O-])cc1)C1=CSC(c2cccs2)N1. The Labute approximate surface area is 231 Å². The van der Waals surface area contributed by atoms with Crippen LogP contribution in [0.15, 0.2) is 83.2 Å². The first-order valence-corrected chi connectivity index (χ1v) is 14.6. The number of carbonyl (C=O) groups excluding carboxylic acids is 2. The Balaban J connectivity index is 1.53. The molecule has 0 spiro atoms. The number of ether oxygens (including phenoxy) is 1. The lowest BCUT2D eigenvalue weighted by molar-refractivity contribution is -0.123. The summed E-state index contributed by atoms with van der Waals surface area (Å²) < 4.78 is 28.9. The zero-order valence-corrected chi connectivity index (χ0v) is 22.9. The van der Waals surface area contributed by atoms with E-state index in [4.69, 9.17) is 4.74 Å². The van der Waals surface area contributed by atoms with E-state index < -0.39 is 29.4 Å². The number of thioether (sulfide) groups is 1. The normalized spacial score (nSPS) is 16.9. The van der Waals surface area contributed by atoms with Gasteiger partial charge in [-0.05, 0) is 46.5 Å². The molecule has 0 bridgehead atoms. The third-order valence-electron chi connectivity index (χ3n) is 5.79. The maximum Gasteiger partial charge on any atom is 0.407 e. The van der Waals surface area contributed by atoms with Crippen LogP contribution in [0.25, 0.3) is 0 Å². The van der Waals surface area contributed by atoms with E-state index in [0.717, 1.165) is 16.8 Å². The first kappa shape index (κ1) is 27.7. The molecule has 0 aliphatic carbocycles. The molecule has 0 saturated carbocycles. The van der Waals surface area contributed by atoms with Crippen molar-refractivity contribution in [3.63, 3.8) is 0 Å². The molecule has 12 heteroatoms. The second-order valence-corrected chi connectivity index (χ2v) is 11.1. The first-order chi connectivity index (χ1) is 18.4. The van der Waals surface area contributed by atoms with Gasteiger partial charge in [0.05, 0.1) is 13.2 Å². The highest BCUT2D eigenvalue weighted by Crippen LogP contribution is 2.37. The number of rotatable bonds is 11. The lowest BCUT2D eigenvalue weighted by atomic mass is 10.0. The van der Waals surface area contributed by atoms with Crippen molar-refractivity contribution in [2.75, 3.05) is 11.8 Å². The van der Waals surface area contributed by atoms with E-state index in [1.165, 1.54) is 12.0 Å². The zero-order chi connectivity index (χ0) is 26.9. The number of methoxy groups -OCH3 is 1. The van der Waals surface area contributed by atoms with Crippen molar-refractivity contribution in [1.82, 2.24) is 16.0 Å². The fourth-order valence-corrected chi connectivity index (χ4v) is 6.18. The molecule has 38 heavy (non-hydrogen) atoms. The van der Waals surface area contributed by atoms with E-state index in [2.05, 4.69) is 26.7 Å². The van der Waals surface area contributed by atoms with Gasteiger partial charge in [0, 0.05) is 33.9 Å². The minimum Gasteiger partial charge on any atom is -0.755 e. The topological polar surface area (TPSA) is 132 Å². The van der Waals surface area contributed by atoms with Gasteiger partial charge in [-0.15, -0.1) is 23.1 Å². The lowest BCUT2D eigenvalue weighted by Crippen LogP contribution is -2.52. The van der Waals surface area contributed by atoms with Crippen molar-refractivity contribution >= 4 is 52.1 Å². The van der Waals surface area contributed by atoms with Crippen LogP contribution in [0, 0.1) is 0 Å². The average molecular weight is 572 g/mol.